The third-order valence-corrected chi connectivity index (χ3v) is 3.36. The van der Waals surface area contributed by atoms with Gasteiger partial charge in [-0.15, -0.1) is 0 Å². The number of carbonyl (C=O) groups is 2. The van der Waals surface area contributed by atoms with E-state index < -0.39 is 17.9 Å². The molecule has 1 fully saturated rings. The number of esters is 2. The van der Waals surface area contributed by atoms with Gasteiger partial charge in [0.15, 0.2) is 5.92 Å². The maximum absolute atomic E-state index is 11.6. The van der Waals surface area contributed by atoms with Gasteiger partial charge in [-0.05, 0) is 24.7 Å². The van der Waals surface area contributed by atoms with E-state index in [4.69, 9.17) is 0 Å². The number of methoxy groups -OCH3 is 2. The molecule has 0 bridgehead atoms. The summed E-state index contributed by atoms with van der Waals surface area (Å²) in [4.78, 5) is 23.2. The molecule has 2 atom stereocenters. The van der Waals surface area contributed by atoms with Crippen LogP contribution in [0.4, 0.5) is 0 Å². The summed E-state index contributed by atoms with van der Waals surface area (Å²) in [5.41, 5.74) is 0. The largest absolute Gasteiger partial charge is 0.468 e. The summed E-state index contributed by atoms with van der Waals surface area (Å²) in [6.45, 7) is 2.15. The molecular weight excluding hydrogens is 231 g/mol. The maximum atomic E-state index is 11.6. The van der Waals surface area contributed by atoms with Gasteiger partial charge in [-0.1, -0.05) is 19.8 Å². The molecule has 0 saturated heterocycles. The van der Waals surface area contributed by atoms with Crippen LogP contribution in [-0.2, 0) is 19.1 Å². The van der Waals surface area contributed by atoms with Crippen molar-refractivity contribution in [2.45, 2.75) is 32.6 Å². The minimum absolute atomic E-state index is 0. The summed E-state index contributed by atoms with van der Waals surface area (Å²) in [7, 11) is 2.62. The van der Waals surface area contributed by atoms with E-state index in [2.05, 4.69) is 16.4 Å². The Morgan fingerprint density at radius 2 is 1.65 bits per heavy atom. The van der Waals surface area contributed by atoms with Crippen molar-refractivity contribution in [3.63, 3.8) is 0 Å². The van der Waals surface area contributed by atoms with Crippen LogP contribution < -0.4 is 0 Å². The van der Waals surface area contributed by atoms with E-state index in [0.717, 1.165) is 19.3 Å². The molecule has 0 N–H and O–H groups in total. The van der Waals surface area contributed by atoms with Crippen molar-refractivity contribution in [2.75, 3.05) is 14.2 Å². The normalized spacial score (nSPS) is 23.8. The van der Waals surface area contributed by atoms with Crippen molar-refractivity contribution >= 4 is 41.5 Å². The number of rotatable bonds is 3. The van der Waals surface area contributed by atoms with Gasteiger partial charge in [0.05, 0.1) is 14.2 Å². The molecule has 4 nitrogen and oxygen atoms in total. The van der Waals surface area contributed by atoms with Crippen LogP contribution in [0, 0.1) is 17.8 Å². The molecule has 1 rings (SSSR count). The van der Waals surface area contributed by atoms with Crippen molar-refractivity contribution in [1.29, 1.82) is 0 Å². The van der Waals surface area contributed by atoms with Gasteiger partial charge in [-0.3, -0.25) is 9.59 Å². The van der Waals surface area contributed by atoms with E-state index >= 15 is 0 Å². The predicted octanol–water partition coefficient (Wildman–Crippen LogP) is 1.39. The molecule has 5 heteroatoms. The smallest absolute Gasteiger partial charge is 0.320 e. The zero-order valence-electron chi connectivity index (χ0n) is 11.2. The van der Waals surface area contributed by atoms with Gasteiger partial charge in [0, 0.05) is 29.6 Å². The van der Waals surface area contributed by atoms with Crippen LogP contribution in [0.2, 0.25) is 0 Å². The molecule has 0 aromatic rings. The quantitative estimate of drug-likeness (QED) is 0.432. The molecule has 0 aromatic heterocycles. The van der Waals surface area contributed by atoms with E-state index in [1.165, 1.54) is 20.6 Å². The predicted molar refractivity (Wildman–Crippen MR) is 64.4 cm³/mol. The minimum Gasteiger partial charge on any atom is -0.468 e. The number of hydrogen-bond donors (Lipinski definition) is 0. The fourth-order valence-electron chi connectivity index (χ4n) is 2.52. The van der Waals surface area contributed by atoms with Crippen molar-refractivity contribution < 1.29 is 19.1 Å². The molecule has 17 heavy (non-hydrogen) atoms. The standard InChI is InChI=1S/C12H20O4.Na/c1-8-5-4-6-9(7-8)10(11(13)15-2)12(14)16-3;/h8-10H,4-7H2,1-3H3;. The van der Waals surface area contributed by atoms with Gasteiger partial charge in [0.2, 0.25) is 0 Å². The average molecular weight is 251 g/mol. The number of carbonyl (C=O) groups excluding carboxylic acids is 2. The summed E-state index contributed by atoms with van der Waals surface area (Å²) in [6, 6.07) is 0. The van der Waals surface area contributed by atoms with Crippen LogP contribution in [0.25, 0.3) is 0 Å². The molecule has 1 aliphatic rings. The van der Waals surface area contributed by atoms with E-state index in [1.807, 2.05) is 0 Å². The van der Waals surface area contributed by atoms with Crippen LogP contribution >= 0.6 is 0 Å². The second kappa shape index (κ2) is 8.11. The van der Waals surface area contributed by atoms with Gasteiger partial charge in [0.25, 0.3) is 0 Å². The molecule has 1 saturated carbocycles. The fourth-order valence-corrected chi connectivity index (χ4v) is 2.52. The van der Waals surface area contributed by atoms with Gasteiger partial charge >= 0.3 is 11.9 Å². The molecule has 1 radical (unpaired) electrons. The molecule has 0 heterocycles. The van der Waals surface area contributed by atoms with Crippen LogP contribution in [0.5, 0.6) is 0 Å². The Labute approximate surface area is 125 Å². The molecule has 0 spiro atoms. The van der Waals surface area contributed by atoms with Gasteiger partial charge in [-0.2, -0.15) is 0 Å². The fraction of sp³-hybridized carbons (Fsp3) is 0.833. The van der Waals surface area contributed by atoms with Gasteiger partial charge in [-0.25, -0.2) is 0 Å². The summed E-state index contributed by atoms with van der Waals surface area (Å²) >= 11 is 0. The molecule has 0 aliphatic heterocycles. The first-order chi connectivity index (χ1) is 7.60. The van der Waals surface area contributed by atoms with E-state index in [1.54, 1.807) is 0 Å². The molecule has 2 unspecified atom stereocenters. The Morgan fingerprint density at radius 1 is 1.12 bits per heavy atom. The average Bonchev–Trinajstić information content (AvgIpc) is 2.29. The summed E-state index contributed by atoms with van der Waals surface area (Å²) in [6.07, 6.45) is 4.04. The van der Waals surface area contributed by atoms with Gasteiger partial charge in [0.1, 0.15) is 0 Å². The molecule has 93 valence electrons. The van der Waals surface area contributed by atoms with E-state index in [0.29, 0.717) is 5.92 Å². The van der Waals surface area contributed by atoms with E-state index in [-0.39, 0.29) is 35.5 Å². The van der Waals surface area contributed by atoms with Crippen molar-refractivity contribution in [3.05, 3.63) is 0 Å². The molecule has 0 amide bonds. The first-order valence-electron chi connectivity index (χ1n) is 5.75. The second-order valence-electron chi connectivity index (χ2n) is 4.56. The second-order valence-corrected chi connectivity index (χ2v) is 4.56. The van der Waals surface area contributed by atoms with E-state index in [9.17, 15) is 9.59 Å². The van der Waals surface area contributed by atoms with Crippen LogP contribution in [0.1, 0.15) is 32.6 Å². The van der Waals surface area contributed by atoms with Gasteiger partial charge < -0.3 is 9.47 Å². The Balaban J connectivity index is 0.00000256. The van der Waals surface area contributed by atoms with Crippen LogP contribution in [0.3, 0.4) is 0 Å². The summed E-state index contributed by atoms with van der Waals surface area (Å²) < 4.78 is 9.37. The molecular formula is C12H20NaO4. The zero-order valence-corrected chi connectivity index (χ0v) is 13.2. The van der Waals surface area contributed by atoms with Crippen molar-refractivity contribution in [1.82, 2.24) is 0 Å². The Morgan fingerprint density at radius 3 is 2.06 bits per heavy atom. The topological polar surface area (TPSA) is 52.6 Å². The molecule has 1 aliphatic carbocycles. The maximum Gasteiger partial charge on any atom is 0.320 e. The van der Waals surface area contributed by atoms with Crippen molar-refractivity contribution in [3.8, 4) is 0 Å². The zero-order chi connectivity index (χ0) is 12.1. The number of hydrogen-bond acceptors (Lipinski definition) is 4. The monoisotopic (exact) mass is 251 g/mol. The Bertz CT molecular complexity index is 251. The van der Waals surface area contributed by atoms with Crippen LogP contribution in [-0.4, -0.2) is 55.7 Å². The SMILES string of the molecule is COC(=O)C(C(=O)OC)C1CCCC(C)C1.[Na]. The third kappa shape index (κ3) is 4.60. The minimum atomic E-state index is -0.738. The first kappa shape index (κ1) is 16.9. The Kier molecular flexibility index (Phi) is 8.09. The Hall–Kier alpha value is -0.0600. The summed E-state index contributed by atoms with van der Waals surface area (Å²) in [5.74, 6) is -1.03. The summed E-state index contributed by atoms with van der Waals surface area (Å²) in [5, 5.41) is 0. The first-order valence-corrected chi connectivity index (χ1v) is 5.75. The number of ether oxygens (including phenoxy) is 2. The molecule has 0 aromatic carbocycles. The van der Waals surface area contributed by atoms with Crippen LogP contribution in [0.15, 0.2) is 0 Å². The van der Waals surface area contributed by atoms with Crippen molar-refractivity contribution in [2.24, 2.45) is 17.8 Å². The third-order valence-electron chi connectivity index (χ3n) is 3.36.